The highest BCUT2D eigenvalue weighted by Crippen LogP contribution is 2.32. The third-order valence-corrected chi connectivity index (χ3v) is 4.00. The average Bonchev–Trinajstić information content (AvgIpc) is 2.59. The third kappa shape index (κ3) is 2.87. The van der Waals surface area contributed by atoms with Crippen LogP contribution in [0.2, 0.25) is 0 Å². The van der Waals surface area contributed by atoms with Crippen LogP contribution in [0.25, 0.3) is 10.9 Å². The van der Waals surface area contributed by atoms with E-state index in [0.29, 0.717) is 22.2 Å². The van der Waals surface area contributed by atoms with Gasteiger partial charge in [0.25, 0.3) is 0 Å². The van der Waals surface area contributed by atoms with Crippen molar-refractivity contribution in [1.29, 1.82) is 0 Å². The molecule has 25 heavy (non-hydrogen) atoms. The van der Waals surface area contributed by atoms with Gasteiger partial charge in [0.15, 0.2) is 5.78 Å². The van der Waals surface area contributed by atoms with E-state index in [1.165, 1.54) is 18.5 Å². The number of hydrogen-bond donors (Lipinski definition) is 1. The highest BCUT2D eigenvalue weighted by molar-refractivity contribution is 5.99. The van der Waals surface area contributed by atoms with E-state index in [0.717, 1.165) is 0 Å². The molecule has 0 fully saturated rings. The number of nitro groups is 1. The summed E-state index contributed by atoms with van der Waals surface area (Å²) >= 11 is 0. The van der Waals surface area contributed by atoms with Crippen molar-refractivity contribution in [2.24, 2.45) is 7.05 Å². The number of nitrogens with one attached hydrogen (secondary N) is 1. The highest BCUT2D eigenvalue weighted by atomic mass is 16.6. The van der Waals surface area contributed by atoms with Crippen molar-refractivity contribution >= 4 is 33.7 Å². The van der Waals surface area contributed by atoms with Crippen LogP contribution in [0.3, 0.4) is 0 Å². The van der Waals surface area contributed by atoms with Gasteiger partial charge in [-0.05, 0) is 25.1 Å². The minimum Gasteiger partial charge on any atom is -0.349 e. The lowest BCUT2D eigenvalue weighted by Gasteiger charge is -2.13. The van der Waals surface area contributed by atoms with E-state index in [4.69, 9.17) is 0 Å². The highest BCUT2D eigenvalue weighted by Gasteiger charge is 2.24. The number of benzene rings is 2. The van der Waals surface area contributed by atoms with Crippen molar-refractivity contribution in [2.75, 3.05) is 5.32 Å². The maximum Gasteiger partial charge on any atom is 0.357 e. The summed E-state index contributed by atoms with van der Waals surface area (Å²) in [6.07, 6.45) is 0. The first-order chi connectivity index (χ1) is 11.9. The maximum atomic E-state index is 12.4. The van der Waals surface area contributed by atoms with Crippen molar-refractivity contribution in [1.82, 2.24) is 4.57 Å². The van der Waals surface area contributed by atoms with Crippen LogP contribution >= 0.6 is 0 Å². The Morgan fingerprint density at radius 2 is 1.88 bits per heavy atom. The molecule has 0 aliphatic heterocycles. The molecular formula is C18H15N3O4. The van der Waals surface area contributed by atoms with Crippen molar-refractivity contribution < 1.29 is 9.72 Å². The molecule has 0 atom stereocenters. The predicted octanol–water partition coefficient (Wildman–Crippen LogP) is 3.39. The topological polar surface area (TPSA) is 94.2 Å². The second kappa shape index (κ2) is 6.20. The number of carbonyl (C=O) groups excluding carboxylic acids is 1. The van der Waals surface area contributed by atoms with Gasteiger partial charge in [-0.2, -0.15) is 0 Å². The molecule has 0 bridgehead atoms. The van der Waals surface area contributed by atoms with Crippen LogP contribution in [-0.4, -0.2) is 15.3 Å². The summed E-state index contributed by atoms with van der Waals surface area (Å²) in [5.41, 5.74) is 0.422. The van der Waals surface area contributed by atoms with E-state index >= 15 is 0 Å². The van der Waals surface area contributed by atoms with E-state index in [2.05, 4.69) is 5.32 Å². The first kappa shape index (κ1) is 16.4. The van der Waals surface area contributed by atoms with Gasteiger partial charge in [-0.3, -0.25) is 19.7 Å². The van der Waals surface area contributed by atoms with Gasteiger partial charge in [-0.25, -0.2) is 0 Å². The summed E-state index contributed by atoms with van der Waals surface area (Å²) in [5, 5.41) is 15.0. The third-order valence-electron chi connectivity index (χ3n) is 4.00. The van der Waals surface area contributed by atoms with Crippen molar-refractivity contribution in [3.05, 3.63) is 74.6 Å². The summed E-state index contributed by atoms with van der Waals surface area (Å²) < 4.78 is 1.25. The Morgan fingerprint density at radius 3 is 2.56 bits per heavy atom. The molecule has 0 radical (unpaired) electrons. The van der Waals surface area contributed by atoms with Gasteiger partial charge >= 0.3 is 11.2 Å². The summed E-state index contributed by atoms with van der Waals surface area (Å²) in [6.45, 7) is 1.44. The van der Waals surface area contributed by atoms with Gasteiger partial charge in [0.05, 0.1) is 10.4 Å². The first-order valence-electron chi connectivity index (χ1n) is 7.54. The average molecular weight is 337 g/mol. The molecule has 2 aromatic carbocycles. The number of nitrogens with zero attached hydrogens (tertiary/aromatic N) is 2. The van der Waals surface area contributed by atoms with Crippen molar-refractivity contribution in [3.8, 4) is 0 Å². The predicted molar refractivity (Wildman–Crippen MR) is 95.6 cm³/mol. The standard InChI is InChI=1S/C18H15N3O4/c1-11(22)12-6-5-7-13(10-12)19-16-14-8-3-4-9-15(14)20(2)18(23)17(16)21(24)25/h3-10,19H,1-2H3. The fourth-order valence-electron chi connectivity index (χ4n) is 2.74. The van der Waals surface area contributed by atoms with Gasteiger partial charge in [0.1, 0.15) is 5.69 Å². The summed E-state index contributed by atoms with van der Waals surface area (Å²) in [7, 11) is 1.50. The van der Waals surface area contributed by atoms with E-state index < -0.39 is 16.2 Å². The quantitative estimate of drug-likeness (QED) is 0.447. The van der Waals surface area contributed by atoms with Crippen LogP contribution in [0.1, 0.15) is 17.3 Å². The molecule has 0 saturated heterocycles. The van der Waals surface area contributed by atoms with Gasteiger partial charge in [-0.15, -0.1) is 0 Å². The largest absolute Gasteiger partial charge is 0.357 e. The number of ketones is 1. The lowest BCUT2D eigenvalue weighted by molar-refractivity contribution is -0.385. The normalized spacial score (nSPS) is 10.6. The molecule has 0 spiro atoms. The zero-order chi connectivity index (χ0) is 18.1. The Labute approximate surface area is 142 Å². The van der Waals surface area contributed by atoms with Crippen LogP contribution in [0.4, 0.5) is 17.1 Å². The van der Waals surface area contributed by atoms with Crippen LogP contribution in [0.15, 0.2) is 53.3 Å². The van der Waals surface area contributed by atoms with E-state index in [1.807, 2.05) is 0 Å². The molecule has 0 aliphatic carbocycles. The fourth-order valence-corrected chi connectivity index (χ4v) is 2.74. The number of aryl methyl sites for hydroxylation is 1. The monoisotopic (exact) mass is 337 g/mol. The molecular weight excluding hydrogens is 322 g/mol. The van der Waals surface area contributed by atoms with Gasteiger partial charge < -0.3 is 9.88 Å². The number of para-hydroxylation sites is 1. The Kier molecular flexibility index (Phi) is 4.06. The second-order valence-corrected chi connectivity index (χ2v) is 5.62. The lowest BCUT2D eigenvalue weighted by Crippen LogP contribution is -2.22. The Hall–Kier alpha value is -3.48. The number of anilines is 2. The number of hydrogen-bond acceptors (Lipinski definition) is 5. The molecule has 7 nitrogen and oxygen atoms in total. The summed E-state index contributed by atoms with van der Waals surface area (Å²) in [6, 6.07) is 13.5. The Morgan fingerprint density at radius 1 is 1.16 bits per heavy atom. The SMILES string of the molecule is CC(=O)c1cccc(Nc2c([N+](=O)[O-])c(=O)n(C)c3ccccc23)c1. The zero-order valence-corrected chi connectivity index (χ0v) is 13.6. The van der Waals surface area contributed by atoms with Crippen molar-refractivity contribution in [2.45, 2.75) is 6.92 Å². The number of pyridine rings is 1. The summed E-state index contributed by atoms with van der Waals surface area (Å²) in [4.78, 5) is 34.8. The van der Waals surface area contributed by atoms with E-state index in [-0.39, 0.29) is 11.5 Å². The van der Waals surface area contributed by atoms with Gasteiger partial charge in [0, 0.05) is 23.7 Å². The molecule has 1 N–H and O–H groups in total. The minimum absolute atomic E-state index is 0.115. The molecule has 1 heterocycles. The molecule has 0 aliphatic rings. The molecule has 126 valence electrons. The summed E-state index contributed by atoms with van der Waals surface area (Å²) in [5.74, 6) is -0.119. The molecule has 0 amide bonds. The number of carbonyl (C=O) groups is 1. The number of aromatic nitrogens is 1. The van der Waals surface area contributed by atoms with Crippen molar-refractivity contribution in [3.63, 3.8) is 0 Å². The minimum atomic E-state index is -0.700. The van der Waals surface area contributed by atoms with Gasteiger partial charge in [-0.1, -0.05) is 30.3 Å². The van der Waals surface area contributed by atoms with E-state index in [9.17, 15) is 19.7 Å². The Balaban J connectivity index is 2.28. The number of Topliss-reactive ketones (excluding diaryl/α,β-unsaturated/α-hetero) is 1. The molecule has 7 heteroatoms. The molecule has 0 saturated carbocycles. The Bertz CT molecular complexity index is 1070. The maximum absolute atomic E-state index is 12.4. The van der Waals surface area contributed by atoms with Crippen LogP contribution in [0, 0.1) is 10.1 Å². The van der Waals surface area contributed by atoms with Gasteiger partial charge in [0.2, 0.25) is 0 Å². The second-order valence-electron chi connectivity index (χ2n) is 5.62. The molecule has 3 rings (SSSR count). The van der Waals surface area contributed by atoms with Crippen LogP contribution in [-0.2, 0) is 7.05 Å². The smallest absolute Gasteiger partial charge is 0.349 e. The first-order valence-corrected chi connectivity index (χ1v) is 7.54. The zero-order valence-electron chi connectivity index (χ0n) is 13.6. The number of rotatable bonds is 4. The molecule has 0 unspecified atom stereocenters. The van der Waals surface area contributed by atoms with Crippen LogP contribution in [0.5, 0.6) is 0 Å². The lowest BCUT2D eigenvalue weighted by atomic mass is 10.1. The fraction of sp³-hybridized carbons (Fsp3) is 0.111. The molecule has 3 aromatic rings. The number of fused-ring (bicyclic) bond motifs is 1. The van der Waals surface area contributed by atoms with E-state index in [1.54, 1.807) is 48.5 Å². The van der Waals surface area contributed by atoms with Crippen LogP contribution < -0.4 is 10.9 Å². The molecule has 1 aromatic heterocycles.